The third-order valence-corrected chi connectivity index (χ3v) is 5.09. The number of benzene rings is 2. The highest BCUT2D eigenvalue weighted by Gasteiger charge is 2.20. The van der Waals surface area contributed by atoms with E-state index in [2.05, 4.69) is 16.4 Å². The summed E-state index contributed by atoms with van der Waals surface area (Å²) in [4.78, 5) is 29.4. The Hall–Kier alpha value is -3.08. The van der Waals surface area contributed by atoms with Crippen molar-refractivity contribution in [2.75, 3.05) is 13.1 Å². The molecule has 1 saturated heterocycles. The average molecular weight is 361 g/mol. The quantitative estimate of drug-likeness (QED) is 0.708. The van der Waals surface area contributed by atoms with Gasteiger partial charge in [-0.1, -0.05) is 30.3 Å². The van der Waals surface area contributed by atoms with E-state index >= 15 is 0 Å². The molecule has 0 saturated carbocycles. The molecule has 0 unspecified atom stereocenters. The summed E-state index contributed by atoms with van der Waals surface area (Å²) >= 11 is 0. The van der Waals surface area contributed by atoms with Gasteiger partial charge >= 0.3 is 0 Å². The number of fused-ring (bicyclic) bond motifs is 1. The lowest BCUT2D eigenvalue weighted by atomic mass is 10.1. The molecule has 5 heteroatoms. The number of carbonyl (C=O) groups excluding carboxylic acids is 2. The number of carbonyl (C=O) groups is 2. The van der Waals surface area contributed by atoms with Crippen LogP contribution in [0.5, 0.6) is 0 Å². The summed E-state index contributed by atoms with van der Waals surface area (Å²) in [7, 11) is 0. The molecule has 3 aromatic rings. The fraction of sp³-hybridized carbons (Fsp3) is 0.273. The van der Waals surface area contributed by atoms with Gasteiger partial charge in [0.05, 0.1) is 0 Å². The van der Waals surface area contributed by atoms with Gasteiger partial charge in [-0.2, -0.15) is 0 Å². The van der Waals surface area contributed by atoms with E-state index in [1.165, 1.54) is 10.9 Å². The van der Waals surface area contributed by atoms with Gasteiger partial charge in [0.25, 0.3) is 5.91 Å². The molecule has 2 N–H and O–H groups in total. The van der Waals surface area contributed by atoms with E-state index in [9.17, 15) is 9.59 Å². The predicted octanol–water partition coefficient (Wildman–Crippen LogP) is 3.26. The number of aromatic nitrogens is 1. The molecule has 2 heterocycles. The molecule has 138 valence electrons. The summed E-state index contributed by atoms with van der Waals surface area (Å²) in [6.45, 7) is 1.96. The molecule has 5 nitrogen and oxygen atoms in total. The second-order valence-electron chi connectivity index (χ2n) is 6.98. The number of rotatable bonds is 6. The molecule has 1 aliphatic rings. The van der Waals surface area contributed by atoms with E-state index in [1.807, 2.05) is 53.6 Å². The number of H-pyrrole nitrogens is 1. The number of hydrogen-bond acceptors (Lipinski definition) is 2. The first-order valence-corrected chi connectivity index (χ1v) is 9.40. The van der Waals surface area contributed by atoms with Gasteiger partial charge in [0.2, 0.25) is 5.91 Å². The molecule has 0 aliphatic carbocycles. The molecular weight excluding hydrogens is 338 g/mol. The molecule has 0 radical (unpaired) electrons. The summed E-state index contributed by atoms with van der Waals surface area (Å²) in [6, 6.07) is 15.7. The number of nitrogens with zero attached hydrogens (tertiary/aromatic N) is 1. The molecule has 0 bridgehead atoms. The Balaban J connectivity index is 1.35. The zero-order chi connectivity index (χ0) is 18.6. The minimum absolute atomic E-state index is 0.0792. The van der Waals surface area contributed by atoms with E-state index in [0.717, 1.165) is 30.5 Å². The Morgan fingerprint density at radius 1 is 1.15 bits per heavy atom. The number of para-hydroxylation sites is 1. The first-order chi connectivity index (χ1) is 13.2. The van der Waals surface area contributed by atoms with Crippen molar-refractivity contribution in [3.8, 4) is 0 Å². The Kier molecular flexibility index (Phi) is 4.92. The van der Waals surface area contributed by atoms with Crippen molar-refractivity contribution in [3.05, 3.63) is 71.4 Å². The third kappa shape index (κ3) is 3.87. The Bertz CT molecular complexity index is 976. The van der Waals surface area contributed by atoms with Crippen molar-refractivity contribution in [1.82, 2.24) is 15.2 Å². The predicted molar refractivity (Wildman–Crippen MR) is 105 cm³/mol. The van der Waals surface area contributed by atoms with Crippen LogP contribution in [0.15, 0.2) is 54.7 Å². The Morgan fingerprint density at radius 2 is 2.04 bits per heavy atom. The topological polar surface area (TPSA) is 65.2 Å². The first-order valence-electron chi connectivity index (χ1n) is 9.40. The van der Waals surface area contributed by atoms with E-state index in [-0.39, 0.29) is 11.8 Å². The summed E-state index contributed by atoms with van der Waals surface area (Å²) in [5.41, 5.74) is 3.95. The molecule has 0 atom stereocenters. The fourth-order valence-corrected chi connectivity index (χ4v) is 3.65. The highest BCUT2D eigenvalue weighted by Crippen LogP contribution is 2.18. The van der Waals surface area contributed by atoms with E-state index < -0.39 is 0 Å². The fourth-order valence-electron chi connectivity index (χ4n) is 3.65. The maximum absolute atomic E-state index is 12.5. The lowest BCUT2D eigenvalue weighted by molar-refractivity contribution is -0.128. The summed E-state index contributed by atoms with van der Waals surface area (Å²) in [5, 5.41) is 4.20. The minimum atomic E-state index is -0.0792. The van der Waals surface area contributed by atoms with E-state index in [4.69, 9.17) is 0 Å². The Labute approximate surface area is 158 Å². The van der Waals surface area contributed by atoms with Gasteiger partial charge in [0.1, 0.15) is 0 Å². The van der Waals surface area contributed by atoms with Crippen LogP contribution >= 0.6 is 0 Å². The molecular formula is C22H23N3O2. The zero-order valence-electron chi connectivity index (χ0n) is 15.2. The maximum atomic E-state index is 12.5. The van der Waals surface area contributed by atoms with Gasteiger partial charge in [-0.3, -0.25) is 9.59 Å². The molecule has 2 amide bonds. The SMILES string of the molecule is O=C(NCCc1c[nH]c2ccccc12)c1cccc(CN2CCCC2=O)c1. The lowest BCUT2D eigenvalue weighted by Gasteiger charge is -2.16. The van der Waals surface area contributed by atoms with Gasteiger partial charge in [0, 0.05) is 48.7 Å². The van der Waals surface area contributed by atoms with Gasteiger partial charge < -0.3 is 15.2 Å². The summed E-state index contributed by atoms with van der Waals surface area (Å²) in [6.07, 6.45) is 4.34. The van der Waals surface area contributed by atoms with Crippen LogP contribution in [0.1, 0.15) is 34.3 Å². The van der Waals surface area contributed by atoms with Gasteiger partial charge in [0.15, 0.2) is 0 Å². The third-order valence-electron chi connectivity index (χ3n) is 5.09. The average Bonchev–Trinajstić information content (AvgIpc) is 3.28. The highest BCUT2D eigenvalue weighted by atomic mass is 16.2. The van der Waals surface area contributed by atoms with Crippen molar-refractivity contribution >= 4 is 22.7 Å². The van der Waals surface area contributed by atoms with Crippen molar-refractivity contribution in [2.45, 2.75) is 25.8 Å². The van der Waals surface area contributed by atoms with Crippen LogP contribution in [-0.4, -0.2) is 34.8 Å². The molecule has 1 aliphatic heterocycles. The van der Waals surface area contributed by atoms with Crippen molar-refractivity contribution < 1.29 is 9.59 Å². The summed E-state index contributed by atoms with van der Waals surface area (Å²) in [5.74, 6) is 0.119. The van der Waals surface area contributed by atoms with Crippen LogP contribution in [0.2, 0.25) is 0 Å². The summed E-state index contributed by atoms with van der Waals surface area (Å²) < 4.78 is 0. The second-order valence-corrected chi connectivity index (χ2v) is 6.98. The smallest absolute Gasteiger partial charge is 0.251 e. The van der Waals surface area contributed by atoms with Crippen molar-refractivity contribution in [3.63, 3.8) is 0 Å². The molecule has 0 spiro atoms. The van der Waals surface area contributed by atoms with Crippen molar-refractivity contribution in [2.24, 2.45) is 0 Å². The monoisotopic (exact) mass is 361 g/mol. The zero-order valence-corrected chi connectivity index (χ0v) is 15.2. The number of nitrogens with one attached hydrogen (secondary N) is 2. The van der Waals surface area contributed by atoms with Crippen LogP contribution in [0.25, 0.3) is 10.9 Å². The molecule has 4 rings (SSSR count). The van der Waals surface area contributed by atoms with Crippen LogP contribution in [0.4, 0.5) is 0 Å². The molecule has 2 aromatic carbocycles. The van der Waals surface area contributed by atoms with Crippen LogP contribution < -0.4 is 5.32 Å². The highest BCUT2D eigenvalue weighted by molar-refractivity contribution is 5.94. The first kappa shape index (κ1) is 17.3. The van der Waals surface area contributed by atoms with Gasteiger partial charge in [-0.15, -0.1) is 0 Å². The van der Waals surface area contributed by atoms with E-state index in [1.54, 1.807) is 0 Å². The number of aromatic amines is 1. The number of likely N-dealkylation sites (tertiary alicyclic amines) is 1. The van der Waals surface area contributed by atoms with Crippen LogP contribution in [-0.2, 0) is 17.8 Å². The standard InChI is InChI=1S/C22H23N3O2/c26-21-9-4-12-25(21)15-16-5-3-6-17(13-16)22(27)23-11-10-18-14-24-20-8-2-1-7-19(18)20/h1-3,5-8,13-14,24H,4,9-12,15H2,(H,23,27). The lowest BCUT2D eigenvalue weighted by Crippen LogP contribution is -2.26. The normalized spacial score (nSPS) is 14.1. The van der Waals surface area contributed by atoms with Crippen LogP contribution in [0.3, 0.4) is 0 Å². The molecule has 27 heavy (non-hydrogen) atoms. The minimum Gasteiger partial charge on any atom is -0.361 e. The molecule has 1 fully saturated rings. The second kappa shape index (κ2) is 7.66. The van der Waals surface area contributed by atoms with Gasteiger partial charge in [-0.25, -0.2) is 0 Å². The van der Waals surface area contributed by atoms with Crippen LogP contribution in [0, 0.1) is 0 Å². The maximum Gasteiger partial charge on any atom is 0.251 e. The number of hydrogen-bond donors (Lipinski definition) is 2. The van der Waals surface area contributed by atoms with Gasteiger partial charge in [-0.05, 0) is 42.2 Å². The largest absolute Gasteiger partial charge is 0.361 e. The Morgan fingerprint density at radius 3 is 2.89 bits per heavy atom. The van der Waals surface area contributed by atoms with Crippen molar-refractivity contribution in [1.29, 1.82) is 0 Å². The number of amides is 2. The van der Waals surface area contributed by atoms with E-state index in [0.29, 0.717) is 25.1 Å². The molecule has 1 aromatic heterocycles.